The Morgan fingerprint density at radius 3 is 1.76 bits per heavy atom. The molecule has 0 heterocycles. The molecule has 8 nitrogen and oxygen atoms in total. The van der Waals surface area contributed by atoms with Crippen molar-refractivity contribution in [2.24, 2.45) is 0 Å². The van der Waals surface area contributed by atoms with Gasteiger partial charge in [-0.05, 0) is 0 Å². The first kappa shape index (κ1) is 15.5. The van der Waals surface area contributed by atoms with Gasteiger partial charge in [0.2, 0.25) is 0 Å². The van der Waals surface area contributed by atoms with Gasteiger partial charge in [-0.3, -0.25) is 0 Å². The second-order valence-electron chi connectivity index (χ2n) is 2.69. The maximum absolute atomic E-state index is 10.9. The highest BCUT2D eigenvalue weighted by atomic mass is 31.2. The second kappa shape index (κ2) is 5.74. The predicted molar refractivity (Wildman–Crippen MR) is 54.1 cm³/mol. The Morgan fingerprint density at radius 1 is 1.18 bits per heavy atom. The first-order chi connectivity index (χ1) is 7.62. The molecular formula is C8H11O8P. The molecule has 0 unspecified atom stereocenters. The molecular weight excluding hydrogens is 255 g/mol. The summed E-state index contributed by atoms with van der Waals surface area (Å²) in [7, 11) is -5.04. The first-order valence-electron chi connectivity index (χ1n) is 4.09. The SMILES string of the molecule is C=CC(=O)OC(C)(OC(=O)C=C)OP(=O)(O)O. The summed E-state index contributed by atoms with van der Waals surface area (Å²) in [6.07, 6.45) is 1.39. The van der Waals surface area contributed by atoms with Crippen LogP contribution in [0.1, 0.15) is 6.92 Å². The molecule has 2 N–H and O–H groups in total. The van der Waals surface area contributed by atoms with Crippen molar-refractivity contribution in [2.45, 2.75) is 12.9 Å². The molecule has 0 aliphatic heterocycles. The summed E-state index contributed by atoms with van der Waals surface area (Å²) < 4.78 is 23.4. The van der Waals surface area contributed by atoms with Crippen LogP contribution >= 0.6 is 7.82 Å². The number of phosphoric acid groups is 1. The lowest BCUT2D eigenvalue weighted by Gasteiger charge is -2.27. The zero-order valence-corrected chi connectivity index (χ0v) is 9.75. The van der Waals surface area contributed by atoms with E-state index in [1.165, 1.54) is 0 Å². The van der Waals surface area contributed by atoms with Gasteiger partial charge in [-0.15, -0.1) is 0 Å². The molecule has 9 heteroatoms. The normalized spacial score (nSPS) is 11.5. The number of carbonyl (C=O) groups excluding carboxylic acids is 2. The van der Waals surface area contributed by atoms with Crippen LogP contribution < -0.4 is 0 Å². The van der Waals surface area contributed by atoms with Crippen LogP contribution in [-0.4, -0.2) is 27.7 Å². The summed E-state index contributed by atoms with van der Waals surface area (Å²) in [6.45, 7) is 6.94. The van der Waals surface area contributed by atoms with Crippen molar-refractivity contribution in [1.82, 2.24) is 0 Å². The number of phosphoric ester groups is 1. The fourth-order valence-electron chi connectivity index (χ4n) is 0.723. The summed E-state index contributed by atoms with van der Waals surface area (Å²) in [4.78, 5) is 38.9. The highest BCUT2D eigenvalue weighted by Gasteiger charge is 2.40. The minimum absolute atomic E-state index is 0.697. The number of esters is 2. The van der Waals surface area contributed by atoms with E-state index in [1.807, 2.05) is 0 Å². The maximum Gasteiger partial charge on any atom is 0.475 e. The van der Waals surface area contributed by atoms with Crippen molar-refractivity contribution in [2.75, 3.05) is 0 Å². The van der Waals surface area contributed by atoms with Crippen LogP contribution in [0, 0.1) is 0 Å². The van der Waals surface area contributed by atoms with Crippen LogP contribution in [-0.2, 0) is 28.2 Å². The molecule has 17 heavy (non-hydrogen) atoms. The van der Waals surface area contributed by atoms with Crippen molar-refractivity contribution in [3.05, 3.63) is 25.3 Å². The van der Waals surface area contributed by atoms with Gasteiger partial charge in [-0.1, -0.05) is 13.2 Å². The summed E-state index contributed by atoms with van der Waals surface area (Å²) in [6, 6.07) is 0. The van der Waals surface area contributed by atoms with Gasteiger partial charge in [0.25, 0.3) is 0 Å². The summed E-state index contributed by atoms with van der Waals surface area (Å²) in [5.41, 5.74) is 0. The Balaban J connectivity index is 4.98. The lowest BCUT2D eigenvalue weighted by Crippen LogP contribution is -2.38. The van der Waals surface area contributed by atoms with Gasteiger partial charge in [0, 0.05) is 19.1 Å². The van der Waals surface area contributed by atoms with E-state index in [1.54, 1.807) is 0 Å². The quantitative estimate of drug-likeness (QED) is 0.303. The molecule has 0 aromatic heterocycles. The number of rotatable bonds is 6. The standard InChI is InChI=1S/C8H11O8P/c1-4-6(9)14-8(3,15-7(10)5-2)16-17(11,12)13/h4-5H,1-2H2,3H3,(H2,11,12,13). The number of ether oxygens (including phenoxy) is 2. The molecule has 0 bridgehead atoms. The average molecular weight is 266 g/mol. The number of hydrogen-bond acceptors (Lipinski definition) is 6. The fraction of sp³-hybridized carbons (Fsp3) is 0.250. The van der Waals surface area contributed by atoms with E-state index >= 15 is 0 Å². The van der Waals surface area contributed by atoms with E-state index in [0.717, 1.165) is 6.92 Å². The van der Waals surface area contributed by atoms with Crippen molar-refractivity contribution in [3.8, 4) is 0 Å². The lowest BCUT2D eigenvalue weighted by atomic mass is 10.5. The number of carbonyl (C=O) groups is 2. The monoisotopic (exact) mass is 266 g/mol. The largest absolute Gasteiger partial charge is 0.475 e. The molecule has 0 aromatic rings. The van der Waals surface area contributed by atoms with Crippen molar-refractivity contribution in [3.63, 3.8) is 0 Å². The van der Waals surface area contributed by atoms with Crippen molar-refractivity contribution >= 4 is 19.8 Å². The highest BCUT2D eigenvalue weighted by Crippen LogP contribution is 2.42. The molecule has 0 aliphatic carbocycles. The van der Waals surface area contributed by atoms with Gasteiger partial charge < -0.3 is 19.3 Å². The Hall–Kier alpha value is -1.47. The summed E-state index contributed by atoms with van der Waals surface area (Å²) >= 11 is 0. The van der Waals surface area contributed by atoms with E-state index in [4.69, 9.17) is 9.79 Å². The average Bonchev–Trinajstić information content (AvgIpc) is 2.13. The molecule has 0 rings (SSSR count). The second-order valence-corrected chi connectivity index (χ2v) is 3.86. The van der Waals surface area contributed by atoms with E-state index in [9.17, 15) is 14.2 Å². The third kappa shape index (κ3) is 6.64. The van der Waals surface area contributed by atoms with Crippen molar-refractivity contribution in [1.29, 1.82) is 0 Å². The Kier molecular flexibility index (Phi) is 5.24. The van der Waals surface area contributed by atoms with Gasteiger partial charge in [-0.25, -0.2) is 18.7 Å². The van der Waals surface area contributed by atoms with Gasteiger partial charge in [0.1, 0.15) is 0 Å². The molecule has 96 valence electrons. The Labute approximate surface area is 96.7 Å². The topological polar surface area (TPSA) is 119 Å². The van der Waals surface area contributed by atoms with E-state index < -0.39 is 25.7 Å². The molecule has 0 aliphatic rings. The molecule has 0 spiro atoms. The smallest absolute Gasteiger partial charge is 0.394 e. The van der Waals surface area contributed by atoms with Gasteiger partial charge in [0.15, 0.2) is 0 Å². The minimum Gasteiger partial charge on any atom is -0.394 e. The van der Waals surface area contributed by atoms with Gasteiger partial charge in [0.05, 0.1) is 0 Å². The Morgan fingerprint density at radius 2 is 1.53 bits per heavy atom. The molecule has 0 saturated carbocycles. The molecule has 0 atom stereocenters. The maximum atomic E-state index is 10.9. The van der Waals surface area contributed by atoms with Gasteiger partial charge in [-0.2, -0.15) is 0 Å². The van der Waals surface area contributed by atoms with Crippen LogP contribution in [0.4, 0.5) is 0 Å². The highest BCUT2D eigenvalue weighted by molar-refractivity contribution is 7.46. The minimum atomic E-state index is -5.04. The summed E-state index contributed by atoms with van der Waals surface area (Å²) in [5.74, 6) is -4.77. The third-order valence-corrected chi connectivity index (χ3v) is 1.76. The third-order valence-electron chi connectivity index (χ3n) is 1.19. The van der Waals surface area contributed by atoms with Crippen LogP contribution in [0.5, 0.6) is 0 Å². The van der Waals surface area contributed by atoms with Crippen LogP contribution in [0.25, 0.3) is 0 Å². The molecule has 0 saturated heterocycles. The van der Waals surface area contributed by atoms with Crippen LogP contribution in [0.3, 0.4) is 0 Å². The Bertz CT molecular complexity index is 359. The molecule has 0 radical (unpaired) electrons. The van der Waals surface area contributed by atoms with Crippen LogP contribution in [0.2, 0.25) is 0 Å². The predicted octanol–water partition coefficient (Wildman–Crippen LogP) is 0.228. The van der Waals surface area contributed by atoms with Crippen LogP contribution in [0.15, 0.2) is 25.3 Å². The number of hydrogen-bond donors (Lipinski definition) is 2. The van der Waals surface area contributed by atoms with E-state index in [0.29, 0.717) is 12.2 Å². The van der Waals surface area contributed by atoms with E-state index in [-0.39, 0.29) is 0 Å². The van der Waals surface area contributed by atoms with Gasteiger partial charge >= 0.3 is 25.7 Å². The molecule has 0 amide bonds. The first-order valence-corrected chi connectivity index (χ1v) is 5.62. The summed E-state index contributed by atoms with van der Waals surface area (Å²) in [5, 5.41) is 0. The molecule has 0 aromatic carbocycles. The lowest BCUT2D eigenvalue weighted by molar-refractivity contribution is -0.299. The zero-order valence-electron chi connectivity index (χ0n) is 8.86. The molecule has 0 fully saturated rings. The fourth-order valence-corrected chi connectivity index (χ4v) is 1.23. The van der Waals surface area contributed by atoms with E-state index in [2.05, 4.69) is 27.2 Å². The zero-order chi connectivity index (χ0) is 13.7. The van der Waals surface area contributed by atoms with Crippen molar-refractivity contribution < 1.29 is 37.9 Å².